The highest BCUT2D eigenvalue weighted by Crippen LogP contribution is 2.13. The molecule has 0 unspecified atom stereocenters. The Labute approximate surface area is 143 Å². The third-order valence-corrected chi connectivity index (χ3v) is 4.34. The zero-order valence-corrected chi connectivity index (χ0v) is 14.6. The molecule has 1 saturated heterocycles. The molecule has 1 heterocycles. The number of piperazine rings is 1. The van der Waals surface area contributed by atoms with Crippen LogP contribution in [-0.2, 0) is 6.54 Å². The molecule has 1 aliphatic heterocycles. The van der Waals surface area contributed by atoms with Gasteiger partial charge in [0.15, 0.2) is 0 Å². The molecule has 5 nitrogen and oxygen atoms in total. The highest BCUT2D eigenvalue weighted by atomic mass is 19.1. The topological polar surface area (TPSA) is 54.7 Å². The first kappa shape index (κ1) is 18.1. The van der Waals surface area contributed by atoms with E-state index in [0.717, 1.165) is 43.0 Å². The predicted octanol–water partition coefficient (Wildman–Crippen LogP) is 2.11. The smallest absolute Gasteiger partial charge is 0.131 e. The summed E-state index contributed by atoms with van der Waals surface area (Å²) in [5.74, 6) is 0.409. The van der Waals surface area contributed by atoms with Gasteiger partial charge in [0, 0.05) is 51.7 Å². The van der Waals surface area contributed by atoms with Gasteiger partial charge < -0.3 is 20.5 Å². The summed E-state index contributed by atoms with van der Waals surface area (Å²) >= 11 is 0. The van der Waals surface area contributed by atoms with E-state index in [9.17, 15) is 4.39 Å². The molecule has 2 rings (SSSR count). The molecule has 1 aromatic rings. The monoisotopic (exact) mass is 331 g/mol. The van der Waals surface area contributed by atoms with Crippen molar-refractivity contribution in [2.24, 2.45) is 4.99 Å². The van der Waals surface area contributed by atoms with Gasteiger partial charge in [-0.05, 0) is 31.7 Å². The number of halogens is 1. The van der Waals surface area contributed by atoms with E-state index >= 15 is 0 Å². The highest BCUT2D eigenvalue weighted by Gasteiger charge is 2.18. The minimum Gasteiger partial charge on any atom is -0.372 e. The molecule has 0 bridgehead atoms. The van der Waals surface area contributed by atoms with Crippen LogP contribution in [0.2, 0.25) is 0 Å². The van der Waals surface area contributed by atoms with Gasteiger partial charge in [-0.1, -0.05) is 12.1 Å². The van der Waals surface area contributed by atoms with Crippen LogP contribution in [0.3, 0.4) is 0 Å². The molecule has 0 aromatic heterocycles. The minimum absolute atomic E-state index is 0.249. The Hall–Kier alpha value is -2.21. The fraction of sp³-hybridized carbons (Fsp3) is 0.444. The van der Waals surface area contributed by atoms with Crippen molar-refractivity contribution >= 4 is 12.1 Å². The van der Waals surface area contributed by atoms with E-state index < -0.39 is 0 Å². The molecule has 0 radical (unpaired) electrons. The number of hydrogen-bond donors (Lipinski definition) is 2. The van der Waals surface area contributed by atoms with E-state index in [-0.39, 0.29) is 5.82 Å². The number of nitrogens with one attached hydrogen (secondary N) is 2. The van der Waals surface area contributed by atoms with E-state index in [0.29, 0.717) is 12.4 Å². The molecule has 24 heavy (non-hydrogen) atoms. The zero-order chi connectivity index (χ0) is 17.5. The Morgan fingerprint density at radius 2 is 2.04 bits per heavy atom. The number of benzene rings is 1. The quantitative estimate of drug-likeness (QED) is 0.642. The average Bonchev–Trinajstić information content (AvgIpc) is 2.59. The summed E-state index contributed by atoms with van der Waals surface area (Å²) in [6.45, 7) is 6.41. The summed E-state index contributed by atoms with van der Waals surface area (Å²) in [4.78, 5) is 8.88. The lowest BCUT2D eigenvalue weighted by Gasteiger charge is -2.35. The van der Waals surface area contributed by atoms with Crippen molar-refractivity contribution in [1.82, 2.24) is 15.1 Å². The first-order chi connectivity index (χ1) is 11.5. The number of likely N-dealkylation sites (N-methyl/N-ethyl adjacent to an activating group) is 1. The Kier molecular flexibility index (Phi) is 6.49. The fourth-order valence-electron chi connectivity index (χ4n) is 2.78. The van der Waals surface area contributed by atoms with Crippen molar-refractivity contribution in [3.05, 3.63) is 46.9 Å². The maximum Gasteiger partial charge on any atom is 0.131 e. The fourth-order valence-corrected chi connectivity index (χ4v) is 2.78. The Balaban J connectivity index is 2.11. The van der Waals surface area contributed by atoms with Crippen LogP contribution >= 0.6 is 0 Å². The van der Waals surface area contributed by atoms with Gasteiger partial charge in [-0.25, -0.2) is 4.39 Å². The van der Waals surface area contributed by atoms with Crippen molar-refractivity contribution in [3.8, 4) is 0 Å². The first-order valence-corrected chi connectivity index (χ1v) is 8.15. The molecule has 1 aromatic carbocycles. The van der Waals surface area contributed by atoms with Crippen LogP contribution in [0, 0.1) is 11.2 Å². The van der Waals surface area contributed by atoms with Gasteiger partial charge in [0.05, 0.1) is 5.57 Å². The number of amidine groups is 1. The number of rotatable bonds is 5. The molecule has 0 saturated carbocycles. The first-order valence-electron chi connectivity index (χ1n) is 8.15. The summed E-state index contributed by atoms with van der Waals surface area (Å²) in [5.41, 5.74) is 2.67. The lowest BCUT2D eigenvalue weighted by atomic mass is 10.1. The molecule has 1 fully saturated rings. The van der Waals surface area contributed by atoms with E-state index in [1.54, 1.807) is 13.1 Å². The molecule has 2 N–H and O–H groups in total. The van der Waals surface area contributed by atoms with Crippen molar-refractivity contribution in [1.29, 1.82) is 5.41 Å². The van der Waals surface area contributed by atoms with Crippen LogP contribution in [0.1, 0.15) is 12.5 Å². The van der Waals surface area contributed by atoms with Gasteiger partial charge in [0.25, 0.3) is 0 Å². The molecular formula is C18H26FN5. The second-order valence-electron chi connectivity index (χ2n) is 5.99. The largest absolute Gasteiger partial charge is 0.372 e. The minimum atomic E-state index is -0.249. The molecule has 0 atom stereocenters. The third-order valence-electron chi connectivity index (χ3n) is 4.34. The third kappa shape index (κ3) is 4.64. The highest BCUT2D eigenvalue weighted by molar-refractivity contribution is 6.14. The number of nitrogens with zero attached hydrogens (tertiary/aromatic N) is 3. The maximum atomic E-state index is 13.3. The van der Waals surface area contributed by atoms with E-state index in [1.807, 2.05) is 13.0 Å². The maximum absolute atomic E-state index is 13.3. The van der Waals surface area contributed by atoms with Crippen LogP contribution in [0.15, 0.2) is 40.5 Å². The summed E-state index contributed by atoms with van der Waals surface area (Å²) in [5, 5.41) is 11.0. The summed E-state index contributed by atoms with van der Waals surface area (Å²) in [6.07, 6.45) is 1.34. The predicted molar refractivity (Wildman–Crippen MR) is 97.2 cm³/mol. The Morgan fingerprint density at radius 3 is 2.62 bits per heavy atom. The number of aliphatic imine (C=N–C) groups is 1. The van der Waals surface area contributed by atoms with Crippen molar-refractivity contribution in [3.63, 3.8) is 0 Å². The van der Waals surface area contributed by atoms with Crippen LogP contribution < -0.4 is 5.32 Å². The van der Waals surface area contributed by atoms with Crippen molar-refractivity contribution < 1.29 is 4.39 Å². The lowest BCUT2D eigenvalue weighted by molar-refractivity contribution is 0.186. The van der Waals surface area contributed by atoms with Gasteiger partial charge >= 0.3 is 0 Å². The zero-order valence-electron chi connectivity index (χ0n) is 14.6. The Bertz CT molecular complexity index is 630. The average molecular weight is 331 g/mol. The number of allylic oxidation sites excluding steroid dienone is 1. The summed E-state index contributed by atoms with van der Waals surface area (Å²) in [7, 11) is 3.82. The van der Waals surface area contributed by atoms with Gasteiger partial charge in [0.1, 0.15) is 11.7 Å². The van der Waals surface area contributed by atoms with Crippen LogP contribution in [0.5, 0.6) is 0 Å². The molecule has 6 heteroatoms. The Morgan fingerprint density at radius 1 is 1.33 bits per heavy atom. The second-order valence-corrected chi connectivity index (χ2v) is 5.99. The summed E-state index contributed by atoms with van der Waals surface area (Å²) in [6, 6.07) is 6.49. The second kappa shape index (κ2) is 8.59. The van der Waals surface area contributed by atoms with Gasteiger partial charge in [-0.15, -0.1) is 0 Å². The van der Waals surface area contributed by atoms with E-state index in [1.165, 1.54) is 18.3 Å². The van der Waals surface area contributed by atoms with E-state index in [4.69, 9.17) is 5.41 Å². The van der Waals surface area contributed by atoms with Crippen LogP contribution in [0.25, 0.3) is 0 Å². The SMILES string of the molecule is CN=C(NCc1cccc(F)c1)/C(C=N)=C(\C)N1CCN(C)CC1. The van der Waals surface area contributed by atoms with Crippen LogP contribution in [-0.4, -0.2) is 62.1 Å². The molecule has 0 amide bonds. The lowest BCUT2D eigenvalue weighted by Crippen LogP contribution is -2.44. The van der Waals surface area contributed by atoms with Crippen LogP contribution in [0.4, 0.5) is 4.39 Å². The summed E-state index contributed by atoms with van der Waals surface area (Å²) < 4.78 is 13.3. The van der Waals surface area contributed by atoms with Gasteiger partial charge in [-0.2, -0.15) is 0 Å². The normalized spacial score (nSPS) is 17.5. The van der Waals surface area contributed by atoms with Gasteiger partial charge in [-0.3, -0.25) is 4.99 Å². The molecule has 0 aliphatic carbocycles. The standard InChI is InChI=1S/C18H26FN5/c1-14(24-9-7-23(3)8-10-24)17(12-20)18(21-2)22-13-15-5-4-6-16(19)11-15/h4-6,11-12,20H,7-10,13H2,1-3H3,(H,21,22)/b17-14+,20-12?. The van der Waals surface area contributed by atoms with E-state index in [2.05, 4.69) is 27.2 Å². The number of hydrogen-bond acceptors (Lipinski definition) is 4. The van der Waals surface area contributed by atoms with Crippen molar-refractivity contribution in [2.75, 3.05) is 40.3 Å². The van der Waals surface area contributed by atoms with Gasteiger partial charge in [0.2, 0.25) is 0 Å². The molecular weight excluding hydrogens is 305 g/mol. The molecule has 130 valence electrons. The van der Waals surface area contributed by atoms with Crippen molar-refractivity contribution in [2.45, 2.75) is 13.5 Å². The molecule has 1 aliphatic rings. The molecule has 0 spiro atoms.